The summed E-state index contributed by atoms with van der Waals surface area (Å²) in [5.41, 5.74) is 1.06. The van der Waals surface area contributed by atoms with E-state index in [0.717, 1.165) is 17.1 Å². The van der Waals surface area contributed by atoms with Gasteiger partial charge in [-0.3, -0.25) is 0 Å². The lowest BCUT2D eigenvalue weighted by Crippen LogP contribution is -2.06. The second kappa shape index (κ2) is 6.48. The van der Waals surface area contributed by atoms with E-state index in [0.29, 0.717) is 30.7 Å². The van der Waals surface area contributed by atoms with Crippen molar-refractivity contribution < 1.29 is 18.9 Å². The smallest absolute Gasteiger partial charge is 0.231 e. The van der Waals surface area contributed by atoms with E-state index in [9.17, 15) is 0 Å². The maximum absolute atomic E-state index is 5.37. The Morgan fingerprint density at radius 1 is 1.14 bits per heavy atom. The molecule has 1 aromatic carbocycles. The van der Waals surface area contributed by atoms with Gasteiger partial charge < -0.3 is 24.3 Å². The Hall–Kier alpha value is -2.54. The number of anilines is 1. The minimum absolute atomic E-state index is 0.274. The second-order valence-corrected chi connectivity index (χ2v) is 4.69. The number of hydrogen-bond acceptors (Lipinski definition) is 7. The first-order chi connectivity index (χ1) is 10.8. The number of benzene rings is 1. The molecule has 3 rings (SSSR count). The summed E-state index contributed by atoms with van der Waals surface area (Å²) in [6.07, 6.45) is 0. The zero-order chi connectivity index (χ0) is 15.4. The highest BCUT2D eigenvalue weighted by Crippen LogP contribution is 2.32. The zero-order valence-corrected chi connectivity index (χ0v) is 12.5. The van der Waals surface area contributed by atoms with Gasteiger partial charge in [0, 0.05) is 19.7 Å². The van der Waals surface area contributed by atoms with Crippen LogP contribution in [-0.4, -0.2) is 31.0 Å². The minimum Gasteiger partial charge on any atom is -0.481 e. The van der Waals surface area contributed by atoms with Crippen molar-refractivity contribution >= 4 is 5.82 Å². The lowest BCUT2D eigenvalue weighted by atomic mass is 10.2. The predicted molar refractivity (Wildman–Crippen MR) is 79.2 cm³/mol. The van der Waals surface area contributed by atoms with E-state index in [-0.39, 0.29) is 6.79 Å². The quantitative estimate of drug-likeness (QED) is 0.874. The fourth-order valence-corrected chi connectivity index (χ4v) is 2.11. The van der Waals surface area contributed by atoms with Crippen molar-refractivity contribution in [1.29, 1.82) is 0 Å². The molecule has 22 heavy (non-hydrogen) atoms. The lowest BCUT2D eigenvalue weighted by molar-refractivity contribution is 0.174. The molecule has 0 atom stereocenters. The Morgan fingerprint density at radius 2 is 2.00 bits per heavy atom. The maximum Gasteiger partial charge on any atom is 0.231 e. The highest BCUT2D eigenvalue weighted by Gasteiger charge is 2.13. The van der Waals surface area contributed by atoms with Crippen LogP contribution in [-0.2, 0) is 17.9 Å². The van der Waals surface area contributed by atoms with Crippen LogP contribution in [0.5, 0.6) is 17.4 Å². The first-order valence-corrected chi connectivity index (χ1v) is 6.82. The van der Waals surface area contributed by atoms with Gasteiger partial charge in [-0.05, 0) is 17.7 Å². The van der Waals surface area contributed by atoms with Gasteiger partial charge in [-0.1, -0.05) is 6.07 Å². The summed E-state index contributed by atoms with van der Waals surface area (Å²) in [7, 11) is 3.17. The molecule has 7 heteroatoms. The molecule has 0 saturated heterocycles. The number of aromatic nitrogens is 2. The van der Waals surface area contributed by atoms with E-state index in [1.807, 2.05) is 18.2 Å². The molecule has 0 saturated carbocycles. The molecule has 0 unspecified atom stereocenters. The van der Waals surface area contributed by atoms with Crippen molar-refractivity contribution in [2.24, 2.45) is 0 Å². The van der Waals surface area contributed by atoms with Gasteiger partial charge in [0.1, 0.15) is 12.4 Å². The first kappa shape index (κ1) is 14.4. The van der Waals surface area contributed by atoms with Crippen molar-refractivity contribution in [2.45, 2.75) is 13.2 Å². The third-order valence-electron chi connectivity index (χ3n) is 3.14. The van der Waals surface area contributed by atoms with Crippen LogP contribution in [0.15, 0.2) is 24.3 Å². The molecular formula is C15H17N3O4. The van der Waals surface area contributed by atoms with Crippen LogP contribution >= 0.6 is 0 Å². The topological polar surface area (TPSA) is 74.7 Å². The van der Waals surface area contributed by atoms with Gasteiger partial charge >= 0.3 is 0 Å². The molecular weight excluding hydrogens is 286 g/mol. The number of hydrogen-bond donors (Lipinski definition) is 1. The highest BCUT2D eigenvalue weighted by molar-refractivity contribution is 5.46. The highest BCUT2D eigenvalue weighted by atomic mass is 16.7. The predicted octanol–water partition coefficient (Wildman–Crippen LogP) is 1.97. The third-order valence-corrected chi connectivity index (χ3v) is 3.14. The number of methoxy groups -OCH3 is 2. The summed E-state index contributed by atoms with van der Waals surface area (Å²) in [5, 5.41) is 3.24. The normalized spacial score (nSPS) is 12.3. The number of ether oxygens (including phenoxy) is 4. The first-order valence-electron chi connectivity index (χ1n) is 6.82. The molecule has 7 nitrogen and oxygen atoms in total. The van der Waals surface area contributed by atoms with E-state index >= 15 is 0 Å². The van der Waals surface area contributed by atoms with Crippen molar-refractivity contribution in [3.63, 3.8) is 0 Å². The van der Waals surface area contributed by atoms with Crippen molar-refractivity contribution in [3.05, 3.63) is 35.7 Å². The monoisotopic (exact) mass is 303 g/mol. The average molecular weight is 303 g/mol. The van der Waals surface area contributed by atoms with Gasteiger partial charge in [0.2, 0.25) is 12.7 Å². The molecule has 2 aromatic rings. The van der Waals surface area contributed by atoms with Gasteiger partial charge in [-0.2, -0.15) is 4.98 Å². The molecule has 0 spiro atoms. The number of nitrogens with zero attached hydrogens (tertiary/aromatic N) is 2. The fraction of sp³-hybridized carbons (Fsp3) is 0.333. The zero-order valence-electron chi connectivity index (χ0n) is 12.5. The van der Waals surface area contributed by atoms with E-state index < -0.39 is 0 Å². The van der Waals surface area contributed by atoms with Crippen molar-refractivity contribution in [1.82, 2.24) is 9.97 Å². The number of rotatable bonds is 6. The number of nitrogens with one attached hydrogen (secondary N) is 1. The standard InChI is InChI=1S/C15H17N3O4/c1-19-8-14-17-13(6-15(18-14)20-2)16-7-10-3-4-11-12(5-10)22-9-21-11/h3-6H,7-9H2,1-2H3,(H,16,17,18). The summed E-state index contributed by atoms with van der Waals surface area (Å²) < 4.78 is 20.9. The van der Waals surface area contributed by atoms with E-state index in [2.05, 4.69) is 15.3 Å². The summed E-state index contributed by atoms with van der Waals surface area (Å²) in [5.74, 6) is 3.27. The average Bonchev–Trinajstić information content (AvgIpc) is 3.00. The summed E-state index contributed by atoms with van der Waals surface area (Å²) >= 11 is 0. The Kier molecular flexibility index (Phi) is 4.24. The SMILES string of the molecule is COCc1nc(NCc2ccc3c(c2)OCO3)cc(OC)n1. The van der Waals surface area contributed by atoms with Crippen LogP contribution in [0.2, 0.25) is 0 Å². The largest absolute Gasteiger partial charge is 0.481 e. The number of fused-ring (bicyclic) bond motifs is 1. The van der Waals surface area contributed by atoms with E-state index in [4.69, 9.17) is 18.9 Å². The molecule has 1 aliphatic rings. The third kappa shape index (κ3) is 3.20. The minimum atomic E-state index is 0.274. The van der Waals surface area contributed by atoms with Crippen LogP contribution in [0.1, 0.15) is 11.4 Å². The summed E-state index contributed by atoms with van der Waals surface area (Å²) in [4.78, 5) is 8.58. The fourth-order valence-electron chi connectivity index (χ4n) is 2.11. The van der Waals surface area contributed by atoms with Gasteiger partial charge in [0.15, 0.2) is 17.3 Å². The molecule has 0 amide bonds. The molecule has 2 heterocycles. The molecule has 0 radical (unpaired) electrons. The molecule has 1 N–H and O–H groups in total. The molecule has 116 valence electrons. The van der Waals surface area contributed by atoms with Gasteiger partial charge in [0.05, 0.1) is 7.11 Å². The van der Waals surface area contributed by atoms with Gasteiger partial charge in [-0.25, -0.2) is 4.98 Å². The van der Waals surface area contributed by atoms with Crippen LogP contribution in [0, 0.1) is 0 Å². The van der Waals surface area contributed by atoms with Crippen molar-refractivity contribution in [2.75, 3.05) is 26.3 Å². The molecule has 0 fully saturated rings. The van der Waals surface area contributed by atoms with Crippen LogP contribution in [0.25, 0.3) is 0 Å². The Bertz CT molecular complexity index is 663. The Labute approximate surface area is 128 Å². The Balaban J connectivity index is 1.71. The molecule has 1 aliphatic heterocycles. The molecule has 0 aliphatic carbocycles. The maximum atomic E-state index is 5.37. The second-order valence-electron chi connectivity index (χ2n) is 4.69. The van der Waals surface area contributed by atoms with Crippen LogP contribution < -0.4 is 19.5 Å². The van der Waals surface area contributed by atoms with Gasteiger partial charge in [0.25, 0.3) is 0 Å². The summed E-state index contributed by atoms with van der Waals surface area (Å²) in [6, 6.07) is 7.57. The van der Waals surface area contributed by atoms with Crippen molar-refractivity contribution in [3.8, 4) is 17.4 Å². The lowest BCUT2D eigenvalue weighted by Gasteiger charge is -2.09. The van der Waals surface area contributed by atoms with E-state index in [1.165, 1.54) is 0 Å². The Morgan fingerprint density at radius 3 is 2.82 bits per heavy atom. The van der Waals surface area contributed by atoms with E-state index in [1.54, 1.807) is 20.3 Å². The van der Waals surface area contributed by atoms with Crippen LogP contribution in [0.4, 0.5) is 5.82 Å². The van der Waals surface area contributed by atoms with Crippen LogP contribution in [0.3, 0.4) is 0 Å². The molecule has 1 aromatic heterocycles. The summed E-state index contributed by atoms with van der Waals surface area (Å²) in [6.45, 7) is 1.20. The van der Waals surface area contributed by atoms with Gasteiger partial charge in [-0.15, -0.1) is 0 Å². The molecule has 0 bridgehead atoms.